The molecule has 47 heteroatoms. The summed E-state index contributed by atoms with van der Waals surface area (Å²) in [6, 6.07) is 9.28. The second kappa shape index (κ2) is 37.1. The summed E-state index contributed by atoms with van der Waals surface area (Å²) < 4.78 is 255. The van der Waals surface area contributed by atoms with Crippen LogP contribution in [0.25, 0.3) is 33.5 Å². The summed E-state index contributed by atoms with van der Waals surface area (Å²) in [5.41, 5.74) is -2.99. The number of nitrogens with one attached hydrogen (secondary N) is 3. The summed E-state index contributed by atoms with van der Waals surface area (Å²) in [6.07, 6.45) is -11.8. The van der Waals surface area contributed by atoms with Gasteiger partial charge in [0.25, 0.3) is 0 Å². The first kappa shape index (κ1) is 91.0. The molecule has 6 atom stereocenters. The van der Waals surface area contributed by atoms with Crippen molar-refractivity contribution in [3.63, 3.8) is 0 Å². The van der Waals surface area contributed by atoms with Crippen molar-refractivity contribution < 1.29 is 113 Å². The lowest BCUT2D eigenvalue weighted by Gasteiger charge is -2.34. The first-order chi connectivity index (χ1) is 60.9. The Hall–Kier alpha value is -11.8. The van der Waals surface area contributed by atoms with E-state index in [0.717, 1.165) is 31.9 Å². The molecule has 6 aliphatic heterocycles. The van der Waals surface area contributed by atoms with Gasteiger partial charge in [-0.2, -0.15) is 39.5 Å². The number of fused-ring (bicyclic) bond motifs is 3. The molecule has 0 unspecified atom stereocenters. The van der Waals surface area contributed by atoms with Crippen LogP contribution < -0.4 is 33.0 Å². The fraction of sp³-hybridized carbons (Fsp3) is 0.481. The molecule has 6 saturated heterocycles. The molecule has 6 aromatic heterocycles. The number of phosphoric acid groups is 1. The highest BCUT2D eigenvalue weighted by Gasteiger charge is 2.46. The van der Waals surface area contributed by atoms with Gasteiger partial charge in [-0.15, -0.1) is 0 Å². The van der Waals surface area contributed by atoms with E-state index < -0.39 is 228 Å². The first-order valence-electron chi connectivity index (χ1n) is 41.1. The largest absolute Gasteiger partial charge is 0.480 e. The molecule has 3 aromatic carbocycles. The van der Waals surface area contributed by atoms with Gasteiger partial charge in [0.05, 0.1) is 16.6 Å². The third-order valence-corrected chi connectivity index (χ3v) is 25.7. The summed E-state index contributed by atoms with van der Waals surface area (Å²) in [5.74, 6) is -14.2. The summed E-state index contributed by atoms with van der Waals surface area (Å²) in [6.45, 7) is -10.9. The van der Waals surface area contributed by atoms with E-state index in [0.29, 0.717) is 14.7 Å². The van der Waals surface area contributed by atoms with E-state index in [-0.39, 0.29) is 167 Å². The van der Waals surface area contributed by atoms with Gasteiger partial charge in [-0.25, -0.2) is 74.6 Å². The number of carbonyl (C=O) groups excluding carboxylic acids is 6. The van der Waals surface area contributed by atoms with E-state index in [1.807, 2.05) is 0 Å². The van der Waals surface area contributed by atoms with Crippen molar-refractivity contribution >= 4 is 77.1 Å². The average molecular weight is 1830 g/mol. The maximum absolute atomic E-state index is 15.9. The lowest BCUT2D eigenvalue weighted by molar-refractivity contribution is -0.162. The smallest absolute Gasteiger partial charge is 0.331 e. The molecule has 0 bridgehead atoms. The van der Waals surface area contributed by atoms with Gasteiger partial charge >= 0.3 is 61.5 Å². The van der Waals surface area contributed by atoms with Crippen LogP contribution in [0.1, 0.15) is 130 Å². The molecular weight excluding hydrogens is 1750 g/mol. The van der Waals surface area contributed by atoms with Crippen LogP contribution in [0.3, 0.4) is 0 Å². The lowest BCUT2D eigenvalue weighted by atomic mass is 9.93. The number of hydrogen-bond acceptors (Lipinski definition) is 16. The minimum absolute atomic E-state index is 0.0263. The highest BCUT2D eigenvalue weighted by atomic mass is 31.2. The number of amides is 9. The maximum atomic E-state index is 15.9. The number of rotatable bonds is 21. The highest BCUT2D eigenvalue weighted by molar-refractivity contribution is 7.48. The Kier molecular flexibility index (Phi) is 26.4. The number of benzene rings is 3. The van der Waals surface area contributed by atoms with E-state index in [4.69, 9.17) is 13.6 Å². The number of imidazole rings is 3. The summed E-state index contributed by atoms with van der Waals surface area (Å²) in [7, 11) is -5.40. The fourth-order valence-corrected chi connectivity index (χ4v) is 19.2. The number of aromatic nitrogens is 9. The number of hydrogen-bond donors (Lipinski definition) is 3. The van der Waals surface area contributed by atoms with Gasteiger partial charge in [-0.05, 0) is 148 Å². The Morgan fingerprint density at radius 2 is 0.625 bits per heavy atom. The van der Waals surface area contributed by atoms with Crippen LogP contribution in [-0.4, -0.2) is 223 Å². The Morgan fingerprint density at radius 1 is 0.367 bits per heavy atom. The Balaban J connectivity index is 0.666. The van der Waals surface area contributed by atoms with Crippen molar-refractivity contribution in [1.82, 2.24) is 87.7 Å². The number of piperidine rings is 3. The summed E-state index contributed by atoms with van der Waals surface area (Å²) >= 11 is 0. The van der Waals surface area contributed by atoms with Gasteiger partial charge in [0.1, 0.15) is 58.0 Å². The molecule has 9 amide bonds. The molecule has 0 spiro atoms. The van der Waals surface area contributed by atoms with Gasteiger partial charge in [0, 0.05) is 113 Å². The molecule has 31 nitrogen and oxygen atoms in total. The number of pyridine rings is 3. The zero-order chi connectivity index (χ0) is 91.2. The fourth-order valence-electron chi connectivity index (χ4n) is 18.2. The second-order valence-electron chi connectivity index (χ2n) is 32.4. The molecule has 12 heterocycles. The van der Waals surface area contributed by atoms with Crippen molar-refractivity contribution in [3.8, 4) is 0 Å². The maximum Gasteiger partial charge on any atom is 0.480 e. The quantitative estimate of drug-likeness (QED) is 0.0444. The van der Waals surface area contributed by atoms with Gasteiger partial charge in [-0.1, -0.05) is 36.4 Å². The molecule has 15 rings (SSSR count). The molecule has 128 heavy (non-hydrogen) atoms. The number of carbonyl (C=O) groups is 6. The number of alkyl halides is 9. The van der Waals surface area contributed by atoms with E-state index in [2.05, 4.69) is 30.9 Å². The molecule has 9 aromatic rings. The SMILES string of the molecule is O=C(N[C@@H]1CC[C@@H](c2cccc(F)c2F)CN(CC(F)(F)F)C1=O)N1CCC(n2c(=O)n(COP(=O)(OCn3c(=O)n(C4CCN(C(=O)N[C@@H]5CC[C@@H](c6cccc(F)c6F)CN(CC(F)(F)F)C5=O)CC4)c4cccnc43)OCn3c(=O)n(C4CCN(C(=O)N[C@@H]5CC[C@@H](c6cccc(F)c6F)CN(CC(F)(F)F)C5=O)CC4)c4cccnc43)c3ncccc32)CC1. The van der Waals surface area contributed by atoms with E-state index >= 15 is 32.1 Å². The van der Waals surface area contributed by atoms with Crippen LogP contribution in [0.15, 0.2) is 124 Å². The Morgan fingerprint density at radius 3 is 0.875 bits per heavy atom. The normalized spacial score (nSPS) is 20.9. The Labute approximate surface area is 715 Å². The van der Waals surface area contributed by atoms with Gasteiger partial charge < -0.3 is 45.3 Å². The molecule has 0 saturated carbocycles. The van der Waals surface area contributed by atoms with E-state index in [1.54, 1.807) is 0 Å². The summed E-state index contributed by atoms with van der Waals surface area (Å²) in [4.78, 5) is 147. The van der Waals surface area contributed by atoms with Crippen molar-refractivity contribution in [2.75, 3.05) is 78.5 Å². The van der Waals surface area contributed by atoms with Crippen molar-refractivity contribution in [3.05, 3.63) is 193 Å². The van der Waals surface area contributed by atoms with Crippen molar-refractivity contribution in [1.29, 1.82) is 0 Å². The van der Waals surface area contributed by atoms with Crippen LogP contribution in [-0.2, 0) is 52.7 Å². The zero-order valence-corrected chi connectivity index (χ0v) is 68.7. The van der Waals surface area contributed by atoms with Crippen molar-refractivity contribution in [2.45, 2.75) is 170 Å². The van der Waals surface area contributed by atoms with Crippen LogP contribution in [0.5, 0.6) is 0 Å². The van der Waals surface area contributed by atoms with Crippen LogP contribution in [0.2, 0.25) is 0 Å². The number of urea groups is 3. The predicted octanol–water partition coefficient (Wildman–Crippen LogP) is 11.5. The van der Waals surface area contributed by atoms with Gasteiger partial charge in [0.15, 0.2) is 51.8 Å². The van der Waals surface area contributed by atoms with Gasteiger partial charge in [0.2, 0.25) is 17.7 Å². The van der Waals surface area contributed by atoms with Crippen LogP contribution >= 0.6 is 7.82 Å². The third-order valence-electron chi connectivity index (χ3n) is 24.4. The van der Waals surface area contributed by atoms with Crippen LogP contribution in [0, 0.1) is 34.9 Å². The standard InChI is InChI=1S/C81H84F15N18O13P/c82-55-10-1-7-52(64(55)85)46-16-19-58(70(115)106(37-46)40-79(88,89)90)100-73(118)103-31-22-49(23-32-103)112-61-13-4-28-97-67(61)109(76(112)121)43-125-128(124,126-44-110-68-62(14-5-29-98-68)113(77(110)122)50-24-33-104(34-25-50)74(119)101-59-20-17-47(53-8-2-11-56(83)65(53)86)38-107(71(59)116)41-80(91,92)93)127-45-111-69-63(15-6-30-99-69)114(78(111)123)51-26-35-105(36-27-51)75(120)102-60-21-18-48(54-9-3-12-57(84)66(54)87)39-108(72(60)117)42-81(94,95)96/h1-15,28-30,46-51,58-60H,16-27,31-45H2,(H,100,118)(H,101,119)(H,102,120)/t46-,47-,48-,58-,59-,60-/m1/s1. The topological polar surface area (TPSA) is 322 Å². The third kappa shape index (κ3) is 19.6. The number of halogens is 15. The summed E-state index contributed by atoms with van der Waals surface area (Å²) in [5, 5.41) is 7.58. The molecular formula is C81H84F15N18O13P. The van der Waals surface area contributed by atoms with E-state index in [9.17, 15) is 81.5 Å². The lowest BCUT2D eigenvalue weighted by Crippen LogP contribution is -2.54. The molecule has 0 radical (unpaired) electrons. The van der Waals surface area contributed by atoms with Crippen LogP contribution in [0.4, 0.5) is 80.2 Å². The highest BCUT2D eigenvalue weighted by Crippen LogP contribution is 2.51. The number of nitrogens with zero attached hydrogens (tertiary/aromatic N) is 15. The zero-order valence-electron chi connectivity index (χ0n) is 67.8. The number of likely N-dealkylation sites (tertiary alicyclic amines) is 6. The number of phosphoric ester groups is 1. The van der Waals surface area contributed by atoms with E-state index in [1.165, 1.54) is 120 Å². The van der Waals surface area contributed by atoms with Gasteiger partial charge in [-0.3, -0.25) is 55.4 Å². The minimum Gasteiger partial charge on any atom is -0.331 e. The first-order valence-corrected chi connectivity index (χ1v) is 42.6. The average Bonchev–Trinajstić information content (AvgIpc) is 1.61. The second-order valence-corrected chi connectivity index (χ2v) is 34.1. The monoisotopic (exact) mass is 1830 g/mol. The van der Waals surface area contributed by atoms with Crippen molar-refractivity contribution in [2.24, 2.45) is 0 Å². The minimum atomic E-state index is -5.40. The molecule has 686 valence electrons. The Bertz CT molecular complexity index is 5380. The molecule has 0 aliphatic carbocycles. The molecule has 6 aliphatic rings. The predicted molar refractivity (Wildman–Crippen MR) is 422 cm³/mol. The molecule has 3 N–H and O–H groups in total. The molecule has 6 fully saturated rings.